The van der Waals surface area contributed by atoms with Gasteiger partial charge in [-0.15, -0.1) is 0 Å². The maximum atomic E-state index is 11.4. The van der Waals surface area contributed by atoms with Gasteiger partial charge in [0.15, 0.2) is 0 Å². The largest absolute Gasteiger partial charge is 0.378 e. The molecular formula is C13H24N2O2. The van der Waals surface area contributed by atoms with Crippen LogP contribution in [0.3, 0.4) is 0 Å². The topological polar surface area (TPSA) is 50.4 Å². The first-order valence-electron chi connectivity index (χ1n) is 6.93. The number of hydrogen-bond donors (Lipinski definition) is 2. The van der Waals surface area contributed by atoms with Gasteiger partial charge < -0.3 is 15.4 Å². The minimum absolute atomic E-state index is 0.217. The molecule has 0 radical (unpaired) electrons. The first kappa shape index (κ1) is 12.8. The third-order valence-electron chi connectivity index (χ3n) is 3.45. The number of amides is 1. The Morgan fingerprint density at radius 3 is 2.71 bits per heavy atom. The molecule has 0 aromatic heterocycles. The van der Waals surface area contributed by atoms with E-state index in [0.717, 1.165) is 51.9 Å². The third kappa shape index (κ3) is 5.50. The van der Waals surface area contributed by atoms with Gasteiger partial charge in [-0.05, 0) is 51.1 Å². The molecule has 2 N–H and O–H groups in total. The zero-order valence-corrected chi connectivity index (χ0v) is 10.5. The lowest BCUT2D eigenvalue weighted by Gasteiger charge is -2.22. The molecule has 17 heavy (non-hydrogen) atoms. The molecule has 0 spiro atoms. The summed E-state index contributed by atoms with van der Waals surface area (Å²) in [7, 11) is 0. The van der Waals surface area contributed by atoms with E-state index in [1.807, 2.05) is 0 Å². The molecule has 2 fully saturated rings. The van der Waals surface area contributed by atoms with E-state index in [1.54, 1.807) is 0 Å². The fourth-order valence-corrected chi connectivity index (χ4v) is 2.17. The summed E-state index contributed by atoms with van der Waals surface area (Å²) < 4.78 is 5.77. The Balaban J connectivity index is 1.41. The number of nitrogens with one attached hydrogen (secondary N) is 2. The van der Waals surface area contributed by atoms with Crippen molar-refractivity contribution >= 4 is 5.91 Å². The number of carbonyl (C=O) groups is 1. The number of piperidine rings is 1. The van der Waals surface area contributed by atoms with Gasteiger partial charge >= 0.3 is 0 Å². The maximum absolute atomic E-state index is 11.4. The predicted molar refractivity (Wildman–Crippen MR) is 66.8 cm³/mol. The zero-order valence-electron chi connectivity index (χ0n) is 10.5. The molecule has 0 aromatic rings. The molecule has 1 amide bonds. The fraction of sp³-hybridized carbons (Fsp3) is 0.923. The quantitative estimate of drug-likeness (QED) is 0.654. The molecule has 1 saturated heterocycles. The summed E-state index contributed by atoms with van der Waals surface area (Å²) >= 11 is 0. The van der Waals surface area contributed by atoms with E-state index in [2.05, 4.69) is 10.6 Å². The van der Waals surface area contributed by atoms with E-state index in [0.29, 0.717) is 12.0 Å². The van der Waals surface area contributed by atoms with Gasteiger partial charge in [0, 0.05) is 19.6 Å². The normalized spacial score (nSPS) is 21.4. The molecule has 1 aliphatic heterocycles. The molecular weight excluding hydrogens is 216 g/mol. The summed E-state index contributed by atoms with van der Waals surface area (Å²) in [5.74, 6) is 0.898. The van der Waals surface area contributed by atoms with Crippen molar-refractivity contribution in [2.24, 2.45) is 5.92 Å². The Labute approximate surface area is 103 Å². The average Bonchev–Trinajstić information content (AvgIpc) is 3.14. The maximum Gasteiger partial charge on any atom is 0.220 e. The van der Waals surface area contributed by atoms with Crippen LogP contribution in [0, 0.1) is 5.92 Å². The highest BCUT2D eigenvalue weighted by Crippen LogP contribution is 2.31. The Bertz CT molecular complexity index is 236. The van der Waals surface area contributed by atoms with Gasteiger partial charge in [-0.25, -0.2) is 0 Å². The molecule has 2 aliphatic rings. The average molecular weight is 240 g/mol. The second kappa shape index (κ2) is 6.97. The van der Waals surface area contributed by atoms with Crippen LogP contribution in [0.25, 0.3) is 0 Å². The summed E-state index contributed by atoms with van der Waals surface area (Å²) in [6.45, 7) is 3.68. The van der Waals surface area contributed by atoms with Crippen molar-refractivity contribution in [3.05, 3.63) is 0 Å². The molecule has 1 heterocycles. The minimum Gasteiger partial charge on any atom is -0.378 e. The van der Waals surface area contributed by atoms with Crippen molar-refractivity contribution in [3.63, 3.8) is 0 Å². The van der Waals surface area contributed by atoms with Gasteiger partial charge in [0.2, 0.25) is 5.91 Å². The van der Waals surface area contributed by atoms with Crippen LogP contribution in [0.1, 0.15) is 38.5 Å². The molecule has 4 nitrogen and oxygen atoms in total. The molecule has 0 aromatic carbocycles. The smallest absolute Gasteiger partial charge is 0.220 e. The Hall–Kier alpha value is -0.610. The van der Waals surface area contributed by atoms with Gasteiger partial charge in [-0.2, -0.15) is 0 Å². The van der Waals surface area contributed by atoms with Gasteiger partial charge in [0.1, 0.15) is 0 Å². The first-order valence-corrected chi connectivity index (χ1v) is 6.93. The van der Waals surface area contributed by atoms with E-state index < -0.39 is 0 Å². The van der Waals surface area contributed by atoms with Crippen LogP contribution in [-0.4, -0.2) is 38.3 Å². The van der Waals surface area contributed by atoms with E-state index in [4.69, 9.17) is 4.74 Å². The van der Waals surface area contributed by atoms with Crippen LogP contribution in [0.15, 0.2) is 0 Å². The Kier molecular flexibility index (Phi) is 5.26. The summed E-state index contributed by atoms with van der Waals surface area (Å²) in [5, 5.41) is 6.28. The van der Waals surface area contributed by atoms with E-state index in [1.165, 1.54) is 12.8 Å². The highest BCUT2D eigenvalue weighted by Gasteiger charge is 2.23. The monoisotopic (exact) mass is 240 g/mol. The molecule has 0 unspecified atom stereocenters. The van der Waals surface area contributed by atoms with Gasteiger partial charge in [0.05, 0.1) is 6.10 Å². The van der Waals surface area contributed by atoms with Crippen molar-refractivity contribution in [2.45, 2.75) is 44.6 Å². The van der Waals surface area contributed by atoms with E-state index >= 15 is 0 Å². The molecule has 0 atom stereocenters. The SMILES string of the molecule is O=C(CC1CC1)NCCCOC1CCNCC1. The molecule has 98 valence electrons. The summed E-state index contributed by atoms with van der Waals surface area (Å²) in [4.78, 5) is 11.4. The molecule has 2 rings (SSSR count). The van der Waals surface area contributed by atoms with Gasteiger partial charge in [0.25, 0.3) is 0 Å². The summed E-state index contributed by atoms with van der Waals surface area (Å²) in [6.07, 6.45) is 6.81. The summed E-state index contributed by atoms with van der Waals surface area (Å²) in [6, 6.07) is 0. The van der Waals surface area contributed by atoms with E-state index in [9.17, 15) is 4.79 Å². The highest BCUT2D eigenvalue weighted by molar-refractivity contribution is 5.76. The zero-order chi connectivity index (χ0) is 11.9. The van der Waals surface area contributed by atoms with Crippen LogP contribution in [0.4, 0.5) is 0 Å². The Morgan fingerprint density at radius 1 is 1.24 bits per heavy atom. The van der Waals surface area contributed by atoms with Crippen molar-refractivity contribution < 1.29 is 9.53 Å². The fourth-order valence-electron chi connectivity index (χ4n) is 2.17. The van der Waals surface area contributed by atoms with Crippen molar-refractivity contribution in [1.29, 1.82) is 0 Å². The van der Waals surface area contributed by atoms with Crippen LogP contribution in [-0.2, 0) is 9.53 Å². The molecule has 1 aliphatic carbocycles. The first-order chi connectivity index (χ1) is 8.34. The molecule has 1 saturated carbocycles. The second-order valence-corrected chi connectivity index (χ2v) is 5.17. The lowest BCUT2D eigenvalue weighted by molar-refractivity contribution is -0.121. The molecule has 0 bridgehead atoms. The number of hydrogen-bond acceptors (Lipinski definition) is 3. The lowest BCUT2D eigenvalue weighted by Crippen LogP contribution is -2.33. The third-order valence-corrected chi connectivity index (χ3v) is 3.45. The van der Waals surface area contributed by atoms with Crippen molar-refractivity contribution in [2.75, 3.05) is 26.2 Å². The number of rotatable bonds is 7. The second-order valence-electron chi connectivity index (χ2n) is 5.17. The number of carbonyl (C=O) groups excluding carboxylic acids is 1. The Morgan fingerprint density at radius 2 is 2.00 bits per heavy atom. The predicted octanol–water partition coefficient (Wildman–Crippen LogP) is 1.06. The van der Waals surface area contributed by atoms with Crippen LogP contribution in [0.5, 0.6) is 0 Å². The molecule has 4 heteroatoms. The minimum atomic E-state index is 0.217. The van der Waals surface area contributed by atoms with Crippen LogP contribution >= 0.6 is 0 Å². The van der Waals surface area contributed by atoms with Gasteiger partial charge in [-0.3, -0.25) is 4.79 Å². The summed E-state index contributed by atoms with van der Waals surface area (Å²) in [5.41, 5.74) is 0. The van der Waals surface area contributed by atoms with Crippen LogP contribution < -0.4 is 10.6 Å². The van der Waals surface area contributed by atoms with E-state index in [-0.39, 0.29) is 5.91 Å². The van der Waals surface area contributed by atoms with Gasteiger partial charge in [-0.1, -0.05) is 0 Å². The highest BCUT2D eigenvalue weighted by atomic mass is 16.5. The standard InChI is InChI=1S/C13H24N2O2/c16-13(10-11-2-3-11)15-6-1-9-17-12-4-7-14-8-5-12/h11-12,14H,1-10H2,(H,15,16). The van der Waals surface area contributed by atoms with Crippen molar-refractivity contribution in [3.8, 4) is 0 Å². The number of ether oxygens (including phenoxy) is 1. The van der Waals surface area contributed by atoms with Crippen LogP contribution in [0.2, 0.25) is 0 Å². The van der Waals surface area contributed by atoms with Crippen molar-refractivity contribution in [1.82, 2.24) is 10.6 Å². The lowest BCUT2D eigenvalue weighted by atomic mass is 10.1.